The van der Waals surface area contributed by atoms with E-state index in [1.807, 2.05) is 12.1 Å². The molecule has 1 aromatic carbocycles. The van der Waals surface area contributed by atoms with Gasteiger partial charge in [0.25, 0.3) is 0 Å². The molecule has 2 nitrogen and oxygen atoms in total. The minimum atomic E-state index is 0.326. The topological polar surface area (TPSA) is 29.5 Å². The van der Waals surface area contributed by atoms with Crippen LogP contribution in [0.1, 0.15) is 64.4 Å². The van der Waals surface area contributed by atoms with Crippen LogP contribution < -0.4 is 0 Å². The molecule has 0 fully saturated rings. The highest BCUT2D eigenvalue weighted by atomic mass is 16.5. The third-order valence-corrected chi connectivity index (χ3v) is 3.65. The Morgan fingerprint density at radius 2 is 1.79 bits per heavy atom. The summed E-state index contributed by atoms with van der Waals surface area (Å²) in [4.78, 5) is 0. The van der Waals surface area contributed by atoms with E-state index in [1.54, 1.807) is 12.1 Å². The molecule has 0 saturated carbocycles. The van der Waals surface area contributed by atoms with Gasteiger partial charge >= 0.3 is 0 Å². The summed E-state index contributed by atoms with van der Waals surface area (Å²) in [5, 5.41) is 9.32. The van der Waals surface area contributed by atoms with Crippen molar-refractivity contribution in [3.8, 4) is 5.75 Å². The lowest BCUT2D eigenvalue weighted by molar-refractivity contribution is 0.0477. The first-order valence-electron chi connectivity index (χ1n) is 7.57. The van der Waals surface area contributed by atoms with Crippen LogP contribution in [0, 0.1) is 0 Å². The Bertz CT molecular complexity index is 332. The van der Waals surface area contributed by atoms with Crippen molar-refractivity contribution in [1.29, 1.82) is 0 Å². The second-order valence-electron chi connectivity index (χ2n) is 5.34. The highest BCUT2D eigenvalue weighted by molar-refractivity contribution is 5.28. The van der Waals surface area contributed by atoms with Crippen LogP contribution >= 0.6 is 0 Å². The van der Waals surface area contributed by atoms with E-state index in [1.165, 1.54) is 24.8 Å². The molecule has 0 bridgehead atoms. The SMILES string of the molecule is CCCCCC(C)OCC(CC)c1ccc(O)cc1. The second-order valence-corrected chi connectivity index (χ2v) is 5.34. The monoisotopic (exact) mass is 264 g/mol. The molecule has 0 heterocycles. The van der Waals surface area contributed by atoms with E-state index < -0.39 is 0 Å². The van der Waals surface area contributed by atoms with Gasteiger partial charge in [-0.15, -0.1) is 0 Å². The first-order valence-corrected chi connectivity index (χ1v) is 7.57. The number of phenols is 1. The largest absolute Gasteiger partial charge is 0.508 e. The lowest BCUT2D eigenvalue weighted by Gasteiger charge is -2.19. The number of unbranched alkanes of at least 4 members (excludes halogenated alkanes) is 2. The molecule has 0 amide bonds. The number of ether oxygens (including phenoxy) is 1. The normalized spacial score (nSPS) is 14.3. The molecule has 0 aliphatic rings. The summed E-state index contributed by atoms with van der Waals surface area (Å²) in [5.41, 5.74) is 1.25. The van der Waals surface area contributed by atoms with E-state index in [0.29, 0.717) is 17.8 Å². The zero-order chi connectivity index (χ0) is 14.1. The highest BCUT2D eigenvalue weighted by Gasteiger charge is 2.11. The summed E-state index contributed by atoms with van der Waals surface area (Å²) in [6.07, 6.45) is 6.37. The molecule has 1 aromatic rings. The average Bonchev–Trinajstić information content (AvgIpc) is 2.41. The molecule has 1 rings (SSSR count). The summed E-state index contributed by atoms with van der Waals surface area (Å²) in [6.45, 7) is 7.35. The average molecular weight is 264 g/mol. The van der Waals surface area contributed by atoms with E-state index >= 15 is 0 Å². The molecular weight excluding hydrogens is 236 g/mol. The fourth-order valence-corrected chi connectivity index (χ4v) is 2.24. The first kappa shape index (κ1) is 16.0. The minimum Gasteiger partial charge on any atom is -0.508 e. The Hall–Kier alpha value is -1.02. The van der Waals surface area contributed by atoms with Crippen molar-refractivity contribution < 1.29 is 9.84 Å². The van der Waals surface area contributed by atoms with Crippen molar-refractivity contribution >= 4 is 0 Å². The van der Waals surface area contributed by atoms with E-state index in [4.69, 9.17) is 4.74 Å². The van der Waals surface area contributed by atoms with Crippen LogP contribution in [0.2, 0.25) is 0 Å². The molecule has 0 spiro atoms. The minimum absolute atomic E-state index is 0.326. The van der Waals surface area contributed by atoms with Gasteiger partial charge in [0.05, 0.1) is 12.7 Å². The van der Waals surface area contributed by atoms with Crippen molar-refractivity contribution in [2.24, 2.45) is 0 Å². The highest BCUT2D eigenvalue weighted by Crippen LogP contribution is 2.23. The molecule has 108 valence electrons. The maximum absolute atomic E-state index is 9.32. The van der Waals surface area contributed by atoms with Crippen molar-refractivity contribution in [3.05, 3.63) is 29.8 Å². The van der Waals surface area contributed by atoms with Crippen molar-refractivity contribution in [2.75, 3.05) is 6.61 Å². The predicted molar refractivity (Wildman–Crippen MR) is 80.7 cm³/mol. The maximum atomic E-state index is 9.32. The van der Waals surface area contributed by atoms with Crippen LogP contribution in [0.25, 0.3) is 0 Å². The van der Waals surface area contributed by atoms with Gasteiger partial charge in [-0.25, -0.2) is 0 Å². The van der Waals surface area contributed by atoms with Gasteiger partial charge in [-0.2, -0.15) is 0 Å². The third kappa shape index (κ3) is 6.11. The van der Waals surface area contributed by atoms with Crippen molar-refractivity contribution in [1.82, 2.24) is 0 Å². The van der Waals surface area contributed by atoms with Gasteiger partial charge in [0.2, 0.25) is 0 Å². The molecule has 0 radical (unpaired) electrons. The molecule has 19 heavy (non-hydrogen) atoms. The van der Waals surface area contributed by atoms with Gasteiger partial charge in [0, 0.05) is 5.92 Å². The lowest BCUT2D eigenvalue weighted by atomic mass is 9.97. The zero-order valence-corrected chi connectivity index (χ0v) is 12.6. The van der Waals surface area contributed by atoms with Gasteiger partial charge < -0.3 is 9.84 Å². The number of benzene rings is 1. The number of phenolic OH excluding ortho intramolecular Hbond substituents is 1. The van der Waals surface area contributed by atoms with Crippen LogP contribution in [0.3, 0.4) is 0 Å². The number of hydrogen-bond acceptors (Lipinski definition) is 2. The Balaban J connectivity index is 2.38. The molecule has 2 heteroatoms. The zero-order valence-electron chi connectivity index (χ0n) is 12.6. The Morgan fingerprint density at radius 3 is 2.37 bits per heavy atom. The predicted octanol–water partition coefficient (Wildman–Crippen LogP) is 4.87. The number of hydrogen-bond donors (Lipinski definition) is 1. The van der Waals surface area contributed by atoms with E-state index in [9.17, 15) is 5.11 Å². The number of rotatable bonds is 9. The molecule has 2 unspecified atom stereocenters. The fourth-order valence-electron chi connectivity index (χ4n) is 2.24. The number of aromatic hydroxyl groups is 1. The molecule has 1 N–H and O–H groups in total. The van der Waals surface area contributed by atoms with Gasteiger partial charge in [0.15, 0.2) is 0 Å². The van der Waals surface area contributed by atoms with E-state index in [-0.39, 0.29) is 0 Å². The summed E-state index contributed by atoms with van der Waals surface area (Å²) < 4.78 is 5.96. The maximum Gasteiger partial charge on any atom is 0.115 e. The Morgan fingerprint density at radius 1 is 1.11 bits per heavy atom. The smallest absolute Gasteiger partial charge is 0.115 e. The van der Waals surface area contributed by atoms with Crippen LogP contribution in [0.15, 0.2) is 24.3 Å². The second kappa shape index (κ2) is 8.98. The molecule has 0 saturated heterocycles. The molecular formula is C17H28O2. The summed E-state index contributed by atoms with van der Waals surface area (Å²) in [7, 11) is 0. The van der Waals surface area contributed by atoms with Gasteiger partial charge in [-0.05, 0) is 37.5 Å². The Kier molecular flexibility index (Phi) is 7.57. The van der Waals surface area contributed by atoms with Crippen LogP contribution in [0.5, 0.6) is 5.75 Å². The van der Waals surface area contributed by atoms with E-state index in [2.05, 4.69) is 20.8 Å². The summed E-state index contributed by atoms with van der Waals surface area (Å²) in [5.74, 6) is 0.752. The molecule has 0 aliphatic heterocycles. The summed E-state index contributed by atoms with van der Waals surface area (Å²) in [6, 6.07) is 7.49. The van der Waals surface area contributed by atoms with Crippen LogP contribution in [0.4, 0.5) is 0 Å². The summed E-state index contributed by atoms with van der Waals surface area (Å²) >= 11 is 0. The molecule has 0 aliphatic carbocycles. The van der Waals surface area contributed by atoms with Crippen LogP contribution in [-0.4, -0.2) is 17.8 Å². The van der Waals surface area contributed by atoms with E-state index in [0.717, 1.165) is 19.4 Å². The molecule has 0 aromatic heterocycles. The quantitative estimate of drug-likeness (QED) is 0.645. The standard InChI is InChI=1S/C17H28O2/c1-4-6-7-8-14(3)19-13-15(5-2)16-9-11-17(18)12-10-16/h9-12,14-15,18H,4-8,13H2,1-3H3. The van der Waals surface area contributed by atoms with Crippen molar-refractivity contribution in [2.45, 2.75) is 64.9 Å². The molecule has 2 atom stereocenters. The lowest BCUT2D eigenvalue weighted by Crippen LogP contribution is -2.14. The van der Waals surface area contributed by atoms with Crippen LogP contribution in [-0.2, 0) is 4.74 Å². The van der Waals surface area contributed by atoms with Crippen molar-refractivity contribution in [3.63, 3.8) is 0 Å². The fraction of sp³-hybridized carbons (Fsp3) is 0.647. The van der Waals surface area contributed by atoms with Gasteiger partial charge in [-0.1, -0.05) is 45.2 Å². The van der Waals surface area contributed by atoms with Gasteiger partial charge in [-0.3, -0.25) is 0 Å². The van der Waals surface area contributed by atoms with Gasteiger partial charge in [0.1, 0.15) is 5.75 Å². The third-order valence-electron chi connectivity index (χ3n) is 3.65. The first-order chi connectivity index (χ1) is 9.17. The Labute approximate surface area is 117 Å².